The Labute approximate surface area is 114 Å². The zero-order valence-electron chi connectivity index (χ0n) is 11.4. The molecule has 0 saturated carbocycles. The molecule has 1 aliphatic heterocycles. The van der Waals surface area contributed by atoms with Crippen LogP contribution < -0.4 is 10.1 Å². The highest BCUT2D eigenvalue weighted by Crippen LogP contribution is 2.42. The minimum absolute atomic E-state index is 0.210. The quantitative estimate of drug-likeness (QED) is 0.900. The lowest BCUT2D eigenvalue weighted by molar-refractivity contribution is 0.0958. The zero-order chi connectivity index (χ0) is 13.3. The summed E-state index contributed by atoms with van der Waals surface area (Å²) in [5, 5.41) is 3.62. The monoisotopic (exact) mass is 253 g/mol. The van der Waals surface area contributed by atoms with Crippen molar-refractivity contribution in [2.75, 3.05) is 0 Å². The molecular formula is C17H19NO. The van der Waals surface area contributed by atoms with E-state index in [1.165, 1.54) is 11.1 Å². The predicted octanol–water partition coefficient (Wildman–Crippen LogP) is 3.69. The van der Waals surface area contributed by atoms with Gasteiger partial charge in [-0.05, 0) is 25.5 Å². The highest BCUT2D eigenvalue weighted by atomic mass is 16.5. The molecule has 1 N–H and O–H groups in total. The molecule has 2 nitrogen and oxygen atoms in total. The second-order valence-corrected chi connectivity index (χ2v) is 5.54. The van der Waals surface area contributed by atoms with Crippen molar-refractivity contribution in [1.82, 2.24) is 5.32 Å². The summed E-state index contributed by atoms with van der Waals surface area (Å²) < 4.78 is 6.03. The summed E-state index contributed by atoms with van der Waals surface area (Å²) in [6.07, 6.45) is 0. The van der Waals surface area contributed by atoms with E-state index in [4.69, 9.17) is 4.74 Å². The summed E-state index contributed by atoms with van der Waals surface area (Å²) >= 11 is 0. The van der Waals surface area contributed by atoms with Gasteiger partial charge in [-0.2, -0.15) is 0 Å². The van der Waals surface area contributed by atoms with Crippen molar-refractivity contribution >= 4 is 0 Å². The van der Waals surface area contributed by atoms with Gasteiger partial charge in [0.05, 0.1) is 6.04 Å². The van der Waals surface area contributed by atoms with E-state index in [1.807, 2.05) is 18.2 Å². The Morgan fingerprint density at radius 3 is 2.47 bits per heavy atom. The molecule has 98 valence electrons. The summed E-state index contributed by atoms with van der Waals surface area (Å²) in [7, 11) is 0. The van der Waals surface area contributed by atoms with Crippen LogP contribution in [0.25, 0.3) is 0 Å². The summed E-state index contributed by atoms with van der Waals surface area (Å²) in [6.45, 7) is 5.12. The van der Waals surface area contributed by atoms with Crippen molar-refractivity contribution < 1.29 is 4.74 Å². The SMILES string of the molecule is CC1(C)Oc2ccccc2C1NCc1ccccc1. The number of nitrogens with one attached hydrogen (secondary N) is 1. The molecule has 2 heteroatoms. The number of benzene rings is 2. The molecule has 0 aliphatic carbocycles. The molecule has 2 aromatic rings. The molecule has 0 aromatic heterocycles. The number of rotatable bonds is 3. The third kappa shape index (κ3) is 2.36. The number of ether oxygens (including phenoxy) is 1. The van der Waals surface area contributed by atoms with Crippen LogP contribution in [0.4, 0.5) is 0 Å². The molecule has 0 bridgehead atoms. The summed E-state index contributed by atoms with van der Waals surface area (Å²) in [5.74, 6) is 0.998. The van der Waals surface area contributed by atoms with Gasteiger partial charge >= 0.3 is 0 Å². The molecule has 0 fully saturated rings. The van der Waals surface area contributed by atoms with E-state index in [1.54, 1.807) is 0 Å². The Hall–Kier alpha value is -1.80. The lowest BCUT2D eigenvalue weighted by Gasteiger charge is -2.27. The Morgan fingerprint density at radius 2 is 1.68 bits per heavy atom. The number of fused-ring (bicyclic) bond motifs is 1. The van der Waals surface area contributed by atoms with Gasteiger partial charge in [-0.3, -0.25) is 0 Å². The third-order valence-corrected chi connectivity index (χ3v) is 3.65. The van der Waals surface area contributed by atoms with Gasteiger partial charge in [0.1, 0.15) is 11.4 Å². The van der Waals surface area contributed by atoms with Crippen molar-refractivity contribution in [2.24, 2.45) is 0 Å². The Bertz CT molecular complexity index is 562. The number of hydrogen-bond acceptors (Lipinski definition) is 2. The maximum Gasteiger partial charge on any atom is 0.125 e. The van der Waals surface area contributed by atoms with Gasteiger partial charge in [-0.1, -0.05) is 48.5 Å². The fourth-order valence-electron chi connectivity index (χ4n) is 2.70. The first kappa shape index (κ1) is 12.2. The minimum Gasteiger partial charge on any atom is -0.486 e. The first-order chi connectivity index (χ1) is 9.17. The molecule has 19 heavy (non-hydrogen) atoms. The van der Waals surface area contributed by atoms with E-state index in [9.17, 15) is 0 Å². The molecule has 0 amide bonds. The van der Waals surface area contributed by atoms with Gasteiger partial charge in [-0.25, -0.2) is 0 Å². The lowest BCUT2D eigenvalue weighted by Crippen LogP contribution is -2.38. The highest BCUT2D eigenvalue weighted by Gasteiger charge is 2.40. The first-order valence-electron chi connectivity index (χ1n) is 6.72. The molecule has 2 aromatic carbocycles. The van der Waals surface area contributed by atoms with Gasteiger partial charge in [0.25, 0.3) is 0 Å². The second kappa shape index (κ2) is 4.71. The van der Waals surface area contributed by atoms with Crippen LogP contribution in [-0.4, -0.2) is 5.60 Å². The van der Waals surface area contributed by atoms with Gasteiger partial charge in [0, 0.05) is 12.1 Å². The predicted molar refractivity (Wildman–Crippen MR) is 77.2 cm³/mol. The van der Waals surface area contributed by atoms with Crippen LogP contribution >= 0.6 is 0 Å². The van der Waals surface area contributed by atoms with Crippen molar-refractivity contribution in [1.29, 1.82) is 0 Å². The van der Waals surface area contributed by atoms with Crippen LogP contribution in [-0.2, 0) is 6.54 Å². The molecule has 1 atom stereocenters. The van der Waals surface area contributed by atoms with Crippen LogP contribution in [0.15, 0.2) is 54.6 Å². The fourth-order valence-corrected chi connectivity index (χ4v) is 2.70. The van der Waals surface area contributed by atoms with Crippen LogP contribution in [0.2, 0.25) is 0 Å². The van der Waals surface area contributed by atoms with Crippen molar-refractivity contribution in [2.45, 2.75) is 32.0 Å². The molecule has 1 unspecified atom stereocenters. The molecular weight excluding hydrogens is 234 g/mol. The molecule has 0 saturated heterocycles. The summed E-state index contributed by atoms with van der Waals surface area (Å²) in [6, 6.07) is 19.0. The molecule has 0 spiro atoms. The Morgan fingerprint density at radius 1 is 1.00 bits per heavy atom. The summed E-state index contributed by atoms with van der Waals surface area (Å²) in [4.78, 5) is 0. The zero-order valence-corrected chi connectivity index (χ0v) is 11.4. The molecule has 3 rings (SSSR count). The minimum atomic E-state index is -0.210. The van der Waals surface area contributed by atoms with E-state index >= 15 is 0 Å². The van der Waals surface area contributed by atoms with E-state index in [-0.39, 0.29) is 11.6 Å². The Kier molecular flexibility index (Phi) is 3.03. The topological polar surface area (TPSA) is 21.3 Å². The molecule has 1 heterocycles. The molecule has 0 radical (unpaired) electrons. The van der Waals surface area contributed by atoms with Crippen LogP contribution in [0, 0.1) is 0 Å². The number of para-hydroxylation sites is 1. The van der Waals surface area contributed by atoms with Gasteiger partial charge in [0.15, 0.2) is 0 Å². The third-order valence-electron chi connectivity index (χ3n) is 3.65. The van der Waals surface area contributed by atoms with Crippen molar-refractivity contribution in [3.05, 3.63) is 65.7 Å². The standard InChI is InChI=1S/C17H19NO/c1-17(2)16(14-10-6-7-11-15(14)19-17)18-12-13-8-4-3-5-9-13/h3-11,16,18H,12H2,1-2H3. The normalized spacial score (nSPS) is 19.8. The van der Waals surface area contributed by atoms with E-state index in [2.05, 4.69) is 55.6 Å². The molecule has 1 aliphatic rings. The smallest absolute Gasteiger partial charge is 0.125 e. The van der Waals surface area contributed by atoms with Gasteiger partial charge < -0.3 is 10.1 Å². The van der Waals surface area contributed by atoms with E-state index in [0.29, 0.717) is 0 Å². The fraction of sp³-hybridized carbons (Fsp3) is 0.294. The average Bonchev–Trinajstić information content (AvgIpc) is 2.67. The lowest BCUT2D eigenvalue weighted by atomic mass is 9.94. The van der Waals surface area contributed by atoms with Crippen LogP contribution in [0.3, 0.4) is 0 Å². The maximum absolute atomic E-state index is 6.03. The van der Waals surface area contributed by atoms with Crippen LogP contribution in [0.5, 0.6) is 5.75 Å². The largest absolute Gasteiger partial charge is 0.486 e. The highest BCUT2D eigenvalue weighted by molar-refractivity contribution is 5.42. The average molecular weight is 253 g/mol. The maximum atomic E-state index is 6.03. The summed E-state index contributed by atoms with van der Waals surface area (Å²) in [5.41, 5.74) is 2.34. The second-order valence-electron chi connectivity index (χ2n) is 5.54. The van der Waals surface area contributed by atoms with Crippen molar-refractivity contribution in [3.8, 4) is 5.75 Å². The van der Waals surface area contributed by atoms with Crippen LogP contribution in [0.1, 0.15) is 31.0 Å². The van der Waals surface area contributed by atoms with E-state index in [0.717, 1.165) is 12.3 Å². The first-order valence-corrected chi connectivity index (χ1v) is 6.72. The van der Waals surface area contributed by atoms with Crippen molar-refractivity contribution in [3.63, 3.8) is 0 Å². The van der Waals surface area contributed by atoms with E-state index < -0.39 is 0 Å². The van der Waals surface area contributed by atoms with Gasteiger partial charge in [-0.15, -0.1) is 0 Å². The Balaban J connectivity index is 1.80. The number of hydrogen-bond donors (Lipinski definition) is 1. The van der Waals surface area contributed by atoms with Gasteiger partial charge in [0.2, 0.25) is 0 Å².